The van der Waals surface area contributed by atoms with Crippen LogP contribution in [0.4, 0.5) is 10.1 Å². The maximum Gasteiger partial charge on any atom is 0.220 e. The molecule has 126 valence electrons. The number of aryl methyl sites for hydroxylation is 1. The van der Waals surface area contributed by atoms with Gasteiger partial charge >= 0.3 is 0 Å². The zero-order chi connectivity index (χ0) is 16.8. The molecule has 3 nitrogen and oxygen atoms in total. The Balaban J connectivity index is 1.54. The predicted molar refractivity (Wildman–Crippen MR) is 94.5 cm³/mol. The highest BCUT2D eigenvalue weighted by molar-refractivity contribution is 5.76. The summed E-state index contributed by atoms with van der Waals surface area (Å²) in [6.07, 6.45) is 3.17. The summed E-state index contributed by atoms with van der Waals surface area (Å²) in [6.45, 7) is 2.68. The first-order valence-corrected chi connectivity index (χ1v) is 8.57. The molecule has 0 atom stereocenters. The van der Waals surface area contributed by atoms with Gasteiger partial charge in [0.15, 0.2) is 0 Å². The normalized spacial score (nSPS) is 14.0. The van der Waals surface area contributed by atoms with Gasteiger partial charge in [-0.05, 0) is 42.5 Å². The molecule has 1 saturated heterocycles. The van der Waals surface area contributed by atoms with Crippen LogP contribution in [0.25, 0.3) is 0 Å². The number of benzene rings is 2. The molecule has 0 aliphatic carbocycles. The van der Waals surface area contributed by atoms with Crippen molar-refractivity contribution in [2.75, 3.05) is 18.0 Å². The van der Waals surface area contributed by atoms with E-state index < -0.39 is 0 Å². The van der Waals surface area contributed by atoms with Crippen molar-refractivity contribution in [2.24, 2.45) is 0 Å². The quantitative estimate of drug-likeness (QED) is 0.878. The third-order valence-electron chi connectivity index (χ3n) is 4.49. The summed E-state index contributed by atoms with van der Waals surface area (Å²) in [6, 6.07) is 14.8. The number of carbonyl (C=O) groups is 1. The minimum absolute atomic E-state index is 0.0468. The number of rotatable bonds is 6. The molecule has 0 unspecified atom stereocenters. The lowest BCUT2D eigenvalue weighted by atomic mass is 10.1. The first kappa shape index (κ1) is 16.5. The number of amides is 1. The van der Waals surface area contributed by atoms with Crippen molar-refractivity contribution >= 4 is 11.6 Å². The Morgan fingerprint density at radius 3 is 2.42 bits per heavy atom. The van der Waals surface area contributed by atoms with Gasteiger partial charge in [0.1, 0.15) is 5.82 Å². The molecule has 2 aromatic rings. The van der Waals surface area contributed by atoms with E-state index in [4.69, 9.17) is 0 Å². The summed E-state index contributed by atoms with van der Waals surface area (Å²) in [5.74, 6) is -0.292. The van der Waals surface area contributed by atoms with E-state index in [1.165, 1.54) is 24.6 Å². The van der Waals surface area contributed by atoms with Gasteiger partial charge in [-0.1, -0.05) is 36.4 Å². The largest absolute Gasteiger partial charge is 0.371 e. The average molecular weight is 326 g/mol. The molecule has 0 bridgehead atoms. The molecule has 4 heteroatoms. The molecule has 0 radical (unpaired) electrons. The fourth-order valence-electron chi connectivity index (χ4n) is 3.16. The van der Waals surface area contributed by atoms with Gasteiger partial charge in [0.05, 0.1) is 0 Å². The average Bonchev–Trinajstić information content (AvgIpc) is 3.14. The number of hydrogen-bond acceptors (Lipinski definition) is 2. The van der Waals surface area contributed by atoms with Crippen molar-refractivity contribution in [1.29, 1.82) is 0 Å². The molecular formula is C20H23FN2O. The lowest BCUT2D eigenvalue weighted by Gasteiger charge is -2.21. The van der Waals surface area contributed by atoms with Crippen molar-refractivity contribution < 1.29 is 9.18 Å². The minimum atomic E-state index is -0.246. The molecule has 1 aliphatic rings. The number of carbonyl (C=O) groups excluding carboxylic acids is 1. The molecule has 2 aromatic carbocycles. The van der Waals surface area contributed by atoms with Crippen LogP contribution in [0.2, 0.25) is 0 Å². The van der Waals surface area contributed by atoms with E-state index in [1.54, 1.807) is 18.2 Å². The van der Waals surface area contributed by atoms with Crippen molar-refractivity contribution in [3.8, 4) is 0 Å². The Bertz CT molecular complexity index is 696. The van der Waals surface area contributed by atoms with Crippen LogP contribution in [0.5, 0.6) is 0 Å². The smallest absolute Gasteiger partial charge is 0.220 e. The van der Waals surface area contributed by atoms with Crippen molar-refractivity contribution in [2.45, 2.75) is 32.2 Å². The van der Waals surface area contributed by atoms with Gasteiger partial charge in [0, 0.05) is 31.7 Å². The molecule has 1 amide bonds. The standard InChI is InChI=1S/C20H23FN2O/c21-18-9-3-1-7-16(18)11-12-20(24)22-15-17-8-2-4-10-19(17)23-13-5-6-14-23/h1-4,7-10H,5-6,11-15H2,(H,22,24). The second kappa shape index (κ2) is 7.95. The molecule has 1 N–H and O–H groups in total. The Morgan fingerprint density at radius 2 is 1.67 bits per heavy atom. The highest BCUT2D eigenvalue weighted by Gasteiger charge is 2.15. The number of nitrogens with zero attached hydrogens (tertiary/aromatic N) is 1. The van der Waals surface area contributed by atoms with E-state index in [2.05, 4.69) is 22.3 Å². The summed E-state index contributed by atoms with van der Waals surface area (Å²) in [5.41, 5.74) is 2.94. The van der Waals surface area contributed by atoms with Crippen LogP contribution in [-0.4, -0.2) is 19.0 Å². The first-order valence-electron chi connectivity index (χ1n) is 8.57. The predicted octanol–water partition coefficient (Wildman–Crippen LogP) is 3.67. The van der Waals surface area contributed by atoms with Gasteiger partial charge in [-0.3, -0.25) is 4.79 Å². The Hall–Kier alpha value is -2.36. The summed E-state index contributed by atoms with van der Waals surface area (Å²) in [4.78, 5) is 14.5. The van der Waals surface area contributed by atoms with Crippen molar-refractivity contribution in [3.63, 3.8) is 0 Å². The SMILES string of the molecule is O=C(CCc1ccccc1F)NCc1ccccc1N1CCCC1. The Morgan fingerprint density at radius 1 is 1.00 bits per heavy atom. The zero-order valence-electron chi connectivity index (χ0n) is 13.8. The number of para-hydroxylation sites is 1. The zero-order valence-corrected chi connectivity index (χ0v) is 13.8. The van der Waals surface area contributed by atoms with E-state index >= 15 is 0 Å². The van der Waals surface area contributed by atoms with Gasteiger partial charge in [-0.2, -0.15) is 0 Å². The van der Waals surface area contributed by atoms with Gasteiger partial charge in [0.25, 0.3) is 0 Å². The Labute approximate surface area is 142 Å². The van der Waals surface area contributed by atoms with Crippen LogP contribution < -0.4 is 10.2 Å². The second-order valence-electron chi connectivity index (χ2n) is 6.19. The molecule has 24 heavy (non-hydrogen) atoms. The third-order valence-corrected chi connectivity index (χ3v) is 4.49. The molecule has 1 aliphatic heterocycles. The van der Waals surface area contributed by atoms with Crippen molar-refractivity contribution in [1.82, 2.24) is 5.32 Å². The second-order valence-corrected chi connectivity index (χ2v) is 6.19. The number of nitrogens with one attached hydrogen (secondary N) is 1. The Kier molecular flexibility index (Phi) is 5.47. The van der Waals surface area contributed by atoms with Crippen LogP contribution in [0.3, 0.4) is 0 Å². The monoisotopic (exact) mass is 326 g/mol. The summed E-state index contributed by atoms with van der Waals surface area (Å²) < 4.78 is 13.6. The summed E-state index contributed by atoms with van der Waals surface area (Å²) in [5, 5.41) is 2.96. The van der Waals surface area contributed by atoms with Gasteiger partial charge in [-0.15, -0.1) is 0 Å². The fourth-order valence-corrected chi connectivity index (χ4v) is 3.16. The molecule has 0 saturated carbocycles. The minimum Gasteiger partial charge on any atom is -0.371 e. The maximum absolute atomic E-state index is 13.6. The van der Waals surface area contributed by atoms with Crippen LogP contribution >= 0.6 is 0 Å². The van der Waals surface area contributed by atoms with Crippen LogP contribution in [0.1, 0.15) is 30.4 Å². The number of anilines is 1. The number of hydrogen-bond donors (Lipinski definition) is 1. The van der Waals surface area contributed by atoms with Gasteiger partial charge < -0.3 is 10.2 Å². The lowest BCUT2D eigenvalue weighted by Crippen LogP contribution is -2.25. The summed E-state index contributed by atoms with van der Waals surface area (Å²) in [7, 11) is 0. The first-order chi connectivity index (χ1) is 11.7. The molecule has 1 heterocycles. The van der Waals surface area contributed by atoms with Crippen LogP contribution in [-0.2, 0) is 17.8 Å². The van der Waals surface area contributed by atoms with E-state index in [9.17, 15) is 9.18 Å². The molecular weight excluding hydrogens is 303 g/mol. The number of halogens is 1. The van der Waals surface area contributed by atoms with E-state index in [0.717, 1.165) is 18.7 Å². The maximum atomic E-state index is 13.6. The molecule has 1 fully saturated rings. The molecule has 3 rings (SSSR count). The van der Waals surface area contributed by atoms with Crippen molar-refractivity contribution in [3.05, 3.63) is 65.5 Å². The van der Waals surface area contributed by atoms with Crippen LogP contribution in [0.15, 0.2) is 48.5 Å². The molecule has 0 aromatic heterocycles. The summed E-state index contributed by atoms with van der Waals surface area (Å²) >= 11 is 0. The van der Waals surface area contributed by atoms with Gasteiger partial charge in [0.2, 0.25) is 5.91 Å². The third kappa shape index (κ3) is 4.13. The topological polar surface area (TPSA) is 32.3 Å². The lowest BCUT2D eigenvalue weighted by molar-refractivity contribution is -0.121. The van der Waals surface area contributed by atoms with E-state index in [1.807, 2.05) is 12.1 Å². The van der Waals surface area contributed by atoms with Gasteiger partial charge in [-0.25, -0.2) is 4.39 Å². The van der Waals surface area contributed by atoms with Crippen LogP contribution in [0, 0.1) is 5.82 Å². The highest BCUT2D eigenvalue weighted by Crippen LogP contribution is 2.24. The molecule has 0 spiro atoms. The fraction of sp³-hybridized carbons (Fsp3) is 0.350. The highest BCUT2D eigenvalue weighted by atomic mass is 19.1. The van der Waals surface area contributed by atoms with E-state index in [0.29, 0.717) is 24.9 Å². The van der Waals surface area contributed by atoms with E-state index in [-0.39, 0.29) is 11.7 Å².